The molecule has 5 nitrogen and oxygen atoms in total. The first-order valence-corrected chi connectivity index (χ1v) is 6.00. The summed E-state index contributed by atoms with van der Waals surface area (Å²) < 4.78 is 13.0. The van der Waals surface area contributed by atoms with Gasteiger partial charge in [-0.25, -0.2) is 4.39 Å². The van der Waals surface area contributed by atoms with Gasteiger partial charge in [0, 0.05) is 16.8 Å². The number of nitrogens with one attached hydrogen (secondary N) is 1. The Morgan fingerprint density at radius 1 is 1.22 bits per heavy atom. The van der Waals surface area contributed by atoms with Crippen LogP contribution in [0, 0.1) is 5.82 Å². The fourth-order valence-corrected chi connectivity index (χ4v) is 2.57. The van der Waals surface area contributed by atoms with E-state index in [-0.39, 0.29) is 5.82 Å². The average Bonchev–Trinajstić information content (AvgIpc) is 2.98. The Hall–Kier alpha value is -2.28. The first-order chi connectivity index (χ1) is 8.75. The molecule has 3 N–H and O–H groups in total. The fourth-order valence-electron chi connectivity index (χ4n) is 1.73. The molecule has 0 saturated carbocycles. The van der Waals surface area contributed by atoms with Crippen molar-refractivity contribution in [3.05, 3.63) is 35.5 Å². The molecule has 0 fully saturated rings. The normalized spacial score (nSPS) is 10.7. The monoisotopic (exact) mass is 261 g/mol. The van der Waals surface area contributed by atoms with E-state index in [0.29, 0.717) is 11.5 Å². The molecule has 3 aromatic rings. The van der Waals surface area contributed by atoms with Crippen LogP contribution in [0.2, 0.25) is 0 Å². The van der Waals surface area contributed by atoms with Crippen molar-refractivity contribution in [3.8, 4) is 21.8 Å². The van der Waals surface area contributed by atoms with Gasteiger partial charge in [0.05, 0.1) is 4.88 Å². The Labute approximate surface area is 105 Å². The van der Waals surface area contributed by atoms with Crippen molar-refractivity contribution >= 4 is 17.0 Å². The zero-order valence-corrected chi connectivity index (χ0v) is 9.91. The van der Waals surface area contributed by atoms with Crippen LogP contribution in [0.3, 0.4) is 0 Å². The van der Waals surface area contributed by atoms with Crippen molar-refractivity contribution in [3.63, 3.8) is 0 Å². The number of halogens is 1. The molecule has 0 aliphatic heterocycles. The predicted molar refractivity (Wildman–Crippen MR) is 67.3 cm³/mol. The standard InChI is InChI=1S/C11H8FN5S/c12-6-1-2-7(9(13)5-6)8-3-4-18-10(8)11-14-16-17-15-11/h1-5H,13H2,(H,14,15,16,17). The van der Waals surface area contributed by atoms with Crippen LogP contribution in [0.5, 0.6) is 0 Å². The summed E-state index contributed by atoms with van der Waals surface area (Å²) in [6.45, 7) is 0. The highest BCUT2D eigenvalue weighted by molar-refractivity contribution is 7.14. The lowest BCUT2D eigenvalue weighted by atomic mass is 10.0. The predicted octanol–water partition coefficient (Wildman–Crippen LogP) is 2.32. The molecule has 0 amide bonds. The van der Waals surface area contributed by atoms with E-state index < -0.39 is 0 Å². The number of hydrogen-bond acceptors (Lipinski definition) is 5. The second-order valence-corrected chi connectivity index (χ2v) is 4.55. The molecule has 90 valence electrons. The zero-order valence-electron chi connectivity index (χ0n) is 9.09. The van der Waals surface area contributed by atoms with Crippen LogP contribution in [-0.4, -0.2) is 20.6 Å². The summed E-state index contributed by atoms with van der Waals surface area (Å²) in [6.07, 6.45) is 0. The van der Waals surface area contributed by atoms with Gasteiger partial charge in [0.1, 0.15) is 5.82 Å². The summed E-state index contributed by atoms with van der Waals surface area (Å²) in [7, 11) is 0. The largest absolute Gasteiger partial charge is 0.398 e. The highest BCUT2D eigenvalue weighted by Gasteiger charge is 2.14. The molecular formula is C11H8FN5S. The maximum Gasteiger partial charge on any atom is 0.215 e. The Bertz CT molecular complexity index is 677. The fraction of sp³-hybridized carbons (Fsp3) is 0. The van der Waals surface area contributed by atoms with Gasteiger partial charge >= 0.3 is 0 Å². The van der Waals surface area contributed by atoms with Crippen molar-refractivity contribution < 1.29 is 4.39 Å². The van der Waals surface area contributed by atoms with Gasteiger partial charge in [-0.05, 0) is 34.9 Å². The number of hydrogen-bond donors (Lipinski definition) is 2. The number of anilines is 1. The second kappa shape index (κ2) is 4.19. The van der Waals surface area contributed by atoms with Gasteiger partial charge in [0.2, 0.25) is 5.82 Å². The third-order valence-corrected chi connectivity index (χ3v) is 3.43. The number of tetrazole rings is 1. The van der Waals surface area contributed by atoms with Crippen LogP contribution < -0.4 is 5.73 Å². The minimum Gasteiger partial charge on any atom is -0.398 e. The number of H-pyrrole nitrogens is 1. The number of nitrogens with two attached hydrogens (primary N) is 1. The molecule has 3 rings (SSSR count). The molecule has 0 aliphatic carbocycles. The van der Waals surface area contributed by atoms with E-state index in [2.05, 4.69) is 20.6 Å². The molecular weight excluding hydrogens is 253 g/mol. The minimum absolute atomic E-state index is 0.354. The molecule has 0 aliphatic rings. The Morgan fingerprint density at radius 2 is 2.11 bits per heavy atom. The lowest BCUT2D eigenvalue weighted by Crippen LogP contribution is -1.91. The summed E-state index contributed by atoms with van der Waals surface area (Å²) >= 11 is 1.48. The maximum atomic E-state index is 13.0. The third-order valence-electron chi connectivity index (χ3n) is 2.52. The highest BCUT2D eigenvalue weighted by Crippen LogP contribution is 2.37. The van der Waals surface area contributed by atoms with E-state index in [4.69, 9.17) is 5.73 Å². The summed E-state index contributed by atoms with van der Waals surface area (Å²) in [5.41, 5.74) is 7.86. The first kappa shape index (κ1) is 10.8. The van der Waals surface area contributed by atoms with E-state index >= 15 is 0 Å². The van der Waals surface area contributed by atoms with Crippen LogP contribution in [0.4, 0.5) is 10.1 Å². The SMILES string of the molecule is Nc1cc(F)ccc1-c1ccsc1-c1nn[nH]n1. The molecule has 2 heterocycles. The lowest BCUT2D eigenvalue weighted by Gasteiger charge is -2.05. The molecule has 2 aromatic heterocycles. The molecule has 0 atom stereocenters. The lowest BCUT2D eigenvalue weighted by molar-refractivity contribution is 0.628. The van der Waals surface area contributed by atoms with Gasteiger partial charge < -0.3 is 5.73 Å². The summed E-state index contributed by atoms with van der Waals surface area (Å²) in [5, 5.41) is 15.7. The molecule has 0 radical (unpaired) electrons. The van der Waals surface area contributed by atoms with Crippen LogP contribution in [0.15, 0.2) is 29.6 Å². The van der Waals surface area contributed by atoms with E-state index in [1.54, 1.807) is 6.07 Å². The van der Waals surface area contributed by atoms with Crippen molar-refractivity contribution in [2.24, 2.45) is 0 Å². The molecule has 7 heteroatoms. The molecule has 0 saturated heterocycles. The quantitative estimate of drug-likeness (QED) is 0.694. The Kier molecular flexibility index (Phi) is 2.52. The zero-order chi connectivity index (χ0) is 12.5. The highest BCUT2D eigenvalue weighted by atomic mass is 32.1. The van der Waals surface area contributed by atoms with Crippen molar-refractivity contribution in [1.82, 2.24) is 20.6 Å². The molecule has 18 heavy (non-hydrogen) atoms. The van der Waals surface area contributed by atoms with E-state index in [9.17, 15) is 4.39 Å². The molecule has 0 spiro atoms. The van der Waals surface area contributed by atoms with Crippen molar-refractivity contribution in [2.75, 3.05) is 5.73 Å². The van der Waals surface area contributed by atoms with Gasteiger partial charge in [-0.15, -0.1) is 21.5 Å². The summed E-state index contributed by atoms with van der Waals surface area (Å²) in [4.78, 5) is 0.849. The van der Waals surface area contributed by atoms with Gasteiger partial charge in [-0.2, -0.15) is 5.21 Å². The number of rotatable bonds is 2. The average molecular weight is 261 g/mol. The number of aromatic amines is 1. The van der Waals surface area contributed by atoms with Crippen molar-refractivity contribution in [2.45, 2.75) is 0 Å². The maximum absolute atomic E-state index is 13.0. The van der Waals surface area contributed by atoms with E-state index in [1.807, 2.05) is 11.4 Å². The van der Waals surface area contributed by atoms with Crippen LogP contribution in [0.25, 0.3) is 21.8 Å². The summed E-state index contributed by atoms with van der Waals surface area (Å²) in [5.74, 6) is 0.149. The van der Waals surface area contributed by atoms with E-state index in [0.717, 1.165) is 16.0 Å². The number of nitrogens with zero attached hydrogens (tertiary/aromatic N) is 3. The Morgan fingerprint density at radius 3 is 2.83 bits per heavy atom. The second-order valence-electron chi connectivity index (χ2n) is 3.63. The van der Waals surface area contributed by atoms with Crippen LogP contribution in [0.1, 0.15) is 0 Å². The molecule has 0 unspecified atom stereocenters. The van der Waals surface area contributed by atoms with Crippen LogP contribution >= 0.6 is 11.3 Å². The molecule has 0 bridgehead atoms. The number of benzene rings is 1. The third kappa shape index (κ3) is 1.74. The van der Waals surface area contributed by atoms with Gasteiger partial charge in [0.15, 0.2) is 0 Å². The van der Waals surface area contributed by atoms with Gasteiger partial charge in [-0.3, -0.25) is 0 Å². The number of aromatic nitrogens is 4. The van der Waals surface area contributed by atoms with Crippen molar-refractivity contribution in [1.29, 1.82) is 0 Å². The Balaban J connectivity index is 2.16. The van der Waals surface area contributed by atoms with Crippen LogP contribution in [-0.2, 0) is 0 Å². The van der Waals surface area contributed by atoms with E-state index in [1.165, 1.54) is 23.5 Å². The topological polar surface area (TPSA) is 80.5 Å². The van der Waals surface area contributed by atoms with Gasteiger partial charge in [-0.1, -0.05) is 0 Å². The number of thiophene rings is 1. The summed E-state index contributed by atoms with van der Waals surface area (Å²) in [6, 6.07) is 6.23. The first-order valence-electron chi connectivity index (χ1n) is 5.12. The smallest absolute Gasteiger partial charge is 0.215 e. The number of nitrogen functional groups attached to an aromatic ring is 1. The minimum atomic E-state index is -0.354. The molecule has 1 aromatic carbocycles. The van der Waals surface area contributed by atoms with Gasteiger partial charge in [0.25, 0.3) is 0 Å².